The third-order valence-corrected chi connectivity index (χ3v) is 4.63. The van der Waals surface area contributed by atoms with Gasteiger partial charge in [0.05, 0.1) is 7.11 Å². The van der Waals surface area contributed by atoms with Crippen LogP contribution in [0.25, 0.3) is 0 Å². The highest BCUT2D eigenvalue weighted by Gasteiger charge is 2.21. The van der Waals surface area contributed by atoms with Gasteiger partial charge in [-0.1, -0.05) is 18.2 Å². The van der Waals surface area contributed by atoms with Crippen LogP contribution < -0.4 is 26.2 Å². The highest BCUT2D eigenvalue weighted by atomic mass is 16.5. The lowest BCUT2D eigenvalue weighted by molar-refractivity contribution is 0.0948. The first-order valence-electron chi connectivity index (χ1n) is 8.85. The van der Waals surface area contributed by atoms with E-state index in [1.165, 1.54) is 0 Å². The molecule has 2 aromatic rings. The first-order valence-corrected chi connectivity index (χ1v) is 8.85. The van der Waals surface area contributed by atoms with Crippen LogP contribution in [0.1, 0.15) is 37.8 Å². The van der Waals surface area contributed by atoms with Crippen LogP contribution >= 0.6 is 0 Å². The van der Waals surface area contributed by atoms with Crippen molar-refractivity contribution in [3.8, 4) is 5.75 Å². The number of rotatable bonds is 6. The summed E-state index contributed by atoms with van der Waals surface area (Å²) in [6, 6.07) is 12.7. The van der Waals surface area contributed by atoms with Crippen molar-refractivity contribution < 1.29 is 14.3 Å². The molecule has 2 aromatic carbocycles. The first-order chi connectivity index (χ1) is 13.1. The molecule has 0 atom stereocenters. The van der Waals surface area contributed by atoms with Gasteiger partial charge in [-0.2, -0.15) is 0 Å². The van der Waals surface area contributed by atoms with E-state index in [1.807, 2.05) is 18.2 Å². The third kappa shape index (κ3) is 4.45. The summed E-state index contributed by atoms with van der Waals surface area (Å²) in [5.74, 6) is 0.677. The van der Waals surface area contributed by atoms with Crippen molar-refractivity contribution in [2.75, 3.05) is 27.2 Å². The van der Waals surface area contributed by atoms with E-state index in [0.717, 1.165) is 24.2 Å². The Morgan fingerprint density at radius 2 is 1.81 bits per heavy atom. The van der Waals surface area contributed by atoms with Crippen molar-refractivity contribution in [1.29, 1.82) is 0 Å². The summed E-state index contributed by atoms with van der Waals surface area (Å²) in [5, 5.41) is 5.48. The van der Waals surface area contributed by atoms with Crippen LogP contribution in [0.3, 0.4) is 0 Å². The van der Waals surface area contributed by atoms with E-state index in [2.05, 4.69) is 21.5 Å². The second-order valence-corrected chi connectivity index (χ2v) is 6.38. The largest absolute Gasteiger partial charge is 0.496 e. The van der Waals surface area contributed by atoms with Crippen molar-refractivity contribution in [2.45, 2.75) is 12.5 Å². The lowest BCUT2D eigenvalue weighted by Crippen LogP contribution is -2.23. The molecule has 1 saturated heterocycles. The SMILES string of the molecule is CNC(=O)c1cccc(CNC(=O)c2ccc(C3CNNC3)c(OC)c2)c1. The minimum atomic E-state index is -0.187. The van der Waals surface area contributed by atoms with Gasteiger partial charge in [0, 0.05) is 43.7 Å². The van der Waals surface area contributed by atoms with Gasteiger partial charge in [0.1, 0.15) is 5.75 Å². The second-order valence-electron chi connectivity index (χ2n) is 6.38. The summed E-state index contributed by atoms with van der Waals surface area (Å²) in [5.41, 5.74) is 9.24. The summed E-state index contributed by atoms with van der Waals surface area (Å²) in [6.07, 6.45) is 0. The van der Waals surface area contributed by atoms with Gasteiger partial charge >= 0.3 is 0 Å². The van der Waals surface area contributed by atoms with Crippen molar-refractivity contribution in [2.24, 2.45) is 0 Å². The van der Waals surface area contributed by atoms with Crippen LogP contribution in [-0.2, 0) is 6.54 Å². The molecule has 1 aliphatic heterocycles. The Morgan fingerprint density at radius 3 is 2.52 bits per heavy atom. The standard InChI is InChI=1S/C20H24N4O3/c1-21-19(25)14-5-3-4-13(8-14)10-22-20(26)15-6-7-17(18(9-15)27-2)16-11-23-24-12-16/h3-9,16,23-24H,10-12H2,1-2H3,(H,21,25)(H,22,26). The maximum absolute atomic E-state index is 12.5. The zero-order chi connectivity index (χ0) is 19.2. The maximum atomic E-state index is 12.5. The molecule has 0 unspecified atom stereocenters. The van der Waals surface area contributed by atoms with Gasteiger partial charge in [0.15, 0.2) is 0 Å². The minimum Gasteiger partial charge on any atom is -0.496 e. The van der Waals surface area contributed by atoms with Crippen LogP contribution in [0, 0.1) is 0 Å². The topological polar surface area (TPSA) is 91.5 Å². The van der Waals surface area contributed by atoms with Crippen molar-refractivity contribution in [1.82, 2.24) is 21.5 Å². The maximum Gasteiger partial charge on any atom is 0.251 e. The van der Waals surface area contributed by atoms with Crippen LogP contribution in [0.15, 0.2) is 42.5 Å². The summed E-state index contributed by atoms with van der Waals surface area (Å²) < 4.78 is 5.49. The minimum absolute atomic E-state index is 0.153. The Kier molecular flexibility index (Phi) is 6.05. The van der Waals surface area contributed by atoms with Gasteiger partial charge in [-0.3, -0.25) is 20.4 Å². The van der Waals surface area contributed by atoms with Gasteiger partial charge in [0.25, 0.3) is 11.8 Å². The average Bonchev–Trinajstić information content (AvgIpc) is 3.25. The van der Waals surface area contributed by atoms with E-state index in [9.17, 15) is 9.59 Å². The second kappa shape index (κ2) is 8.66. The zero-order valence-corrected chi connectivity index (χ0v) is 15.5. The molecule has 1 fully saturated rings. The lowest BCUT2D eigenvalue weighted by atomic mass is 9.97. The molecule has 0 aromatic heterocycles. The Labute approximate surface area is 158 Å². The van der Waals surface area contributed by atoms with E-state index in [1.54, 1.807) is 38.4 Å². The quantitative estimate of drug-likeness (QED) is 0.615. The average molecular weight is 368 g/mol. The number of carbonyl (C=O) groups is 2. The van der Waals surface area contributed by atoms with Gasteiger partial charge in [0.2, 0.25) is 0 Å². The fourth-order valence-corrected chi connectivity index (χ4v) is 3.12. The summed E-state index contributed by atoms with van der Waals surface area (Å²) in [4.78, 5) is 24.2. The number of ether oxygens (including phenoxy) is 1. The van der Waals surface area contributed by atoms with E-state index in [4.69, 9.17) is 4.74 Å². The zero-order valence-electron chi connectivity index (χ0n) is 15.5. The molecule has 3 rings (SSSR count). The van der Waals surface area contributed by atoms with E-state index >= 15 is 0 Å². The Hall–Kier alpha value is -2.90. The fraction of sp³-hybridized carbons (Fsp3) is 0.300. The van der Waals surface area contributed by atoms with Crippen molar-refractivity contribution in [3.05, 3.63) is 64.7 Å². The molecular formula is C20H24N4O3. The first kappa shape index (κ1) is 18.9. The molecule has 2 amide bonds. The molecule has 4 N–H and O–H groups in total. The predicted octanol–water partition coefficient (Wildman–Crippen LogP) is 1.18. The van der Waals surface area contributed by atoms with Crippen molar-refractivity contribution >= 4 is 11.8 Å². The number of methoxy groups -OCH3 is 1. The molecule has 7 heteroatoms. The molecule has 1 aliphatic rings. The normalized spacial score (nSPS) is 14.0. The number of benzene rings is 2. The number of amides is 2. The van der Waals surface area contributed by atoms with Crippen LogP contribution in [0.5, 0.6) is 5.75 Å². The number of nitrogens with one attached hydrogen (secondary N) is 4. The molecule has 0 radical (unpaired) electrons. The van der Waals surface area contributed by atoms with E-state index in [0.29, 0.717) is 29.3 Å². The Morgan fingerprint density at radius 1 is 1.07 bits per heavy atom. The van der Waals surface area contributed by atoms with Gasteiger partial charge < -0.3 is 15.4 Å². The molecular weight excluding hydrogens is 344 g/mol. The highest BCUT2D eigenvalue weighted by molar-refractivity contribution is 5.95. The molecule has 0 aliphatic carbocycles. The Balaban J connectivity index is 1.68. The smallest absolute Gasteiger partial charge is 0.251 e. The van der Waals surface area contributed by atoms with Gasteiger partial charge in [-0.15, -0.1) is 0 Å². The van der Waals surface area contributed by atoms with Crippen LogP contribution in [-0.4, -0.2) is 39.1 Å². The molecule has 0 spiro atoms. The summed E-state index contributed by atoms with van der Waals surface area (Å²) in [6.45, 7) is 1.98. The summed E-state index contributed by atoms with van der Waals surface area (Å²) in [7, 11) is 3.20. The monoisotopic (exact) mass is 368 g/mol. The summed E-state index contributed by atoms with van der Waals surface area (Å²) >= 11 is 0. The fourth-order valence-electron chi connectivity index (χ4n) is 3.12. The van der Waals surface area contributed by atoms with Crippen molar-refractivity contribution in [3.63, 3.8) is 0 Å². The third-order valence-electron chi connectivity index (χ3n) is 4.63. The number of hydrogen-bond donors (Lipinski definition) is 4. The van der Waals surface area contributed by atoms with E-state index in [-0.39, 0.29) is 11.8 Å². The Bertz CT molecular complexity index is 832. The van der Waals surface area contributed by atoms with Crippen LogP contribution in [0.2, 0.25) is 0 Å². The molecule has 27 heavy (non-hydrogen) atoms. The van der Waals surface area contributed by atoms with E-state index < -0.39 is 0 Å². The van der Waals surface area contributed by atoms with Gasteiger partial charge in [-0.25, -0.2) is 0 Å². The van der Waals surface area contributed by atoms with Crippen LogP contribution in [0.4, 0.5) is 0 Å². The number of hydrogen-bond acceptors (Lipinski definition) is 5. The van der Waals surface area contributed by atoms with Gasteiger partial charge in [-0.05, 0) is 35.4 Å². The highest BCUT2D eigenvalue weighted by Crippen LogP contribution is 2.28. The molecule has 7 nitrogen and oxygen atoms in total. The molecule has 0 saturated carbocycles. The number of carbonyl (C=O) groups excluding carboxylic acids is 2. The molecule has 0 bridgehead atoms. The molecule has 1 heterocycles. The predicted molar refractivity (Wildman–Crippen MR) is 103 cm³/mol. The number of hydrazine groups is 1. The molecule has 142 valence electrons. The lowest BCUT2D eigenvalue weighted by Gasteiger charge is -2.15.